The summed E-state index contributed by atoms with van der Waals surface area (Å²) in [6.45, 7) is 8.99. The fraction of sp³-hybridized carbons (Fsp3) is 0.750. The number of rotatable bonds is 2. The zero-order valence-corrected chi connectivity index (χ0v) is 13.3. The van der Waals surface area contributed by atoms with Crippen LogP contribution in [0.4, 0.5) is 0 Å². The van der Waals surface area contributed by atoms with Gasteiger partial charge >= 0.3 is 0 Å². The van der Waals surface area contributed by atoms with Crippen LogP contribution in [0.15, 0.2) is 5.38 Å². The first-order valence-electron chi connectivity index (χ1n) is 7.17. The standard InChI is InChI=1S/C16H24N2S/c1-12-10-19-14(18-12)9-16(11-17)7-5-13(6-8-16)15(2,3)4/h10,13H,5-9H2,1-4H3. The van der Waals surface area contributed by atoms with Crippen LogP contribution < -0.4 is 0 Å². The normalized spacial score (nSPS) is 28.1. The molecule has 2 rings (SSSR count). The highest BCUT2D eigenvalue weighted by molar-refractivity contribution is 7.09. The summed E-state index contributed by atoms with van der Waals surface area (Å²) in [5.41, 5.74) is 1.29. The third kappa shape index (κ3) is 3.36. The number of aryl methyl sites for hydroxylation is 1. The summed E-state index contributed by atoms with van der Waals surface area (Å²) in [5, 5.41) is 12.8. The topological polar surface area (TPSA) is 36.7 Å². The number of nitriles is 1. The summed E-state index contributed by atoms with van der Waals surface area (Å²) < 4.78 is 0. The third-order valence-corrected chi connectivity index (χ3v) is 5.53. The second kappa shape index (κ2) is 5.25. The summed E-state index contributed by atoms with van der Waals surface area (Å²) in [6, 6.07) is 2.61. The number of hydrogen-bond donors (Lipinski definition) is 0. The third-order valence-electron chi connectivity index (χ3n) is 4.56. The van der Waals surface area contributed by atoms with Crippen molar-refractivity contribution in [1.82, 2.24) is 4.98 Å². The lowest BCUT2D eigenvalue weighted by molar-refractivity contribution is 0.120. The van der Waals surface area contributed by atoms with Gasteiger partial charge in [-0.2, -0.15) is 5.26 Å². The molecule has 0 aromatic carbocycles. The van der Waals surface area contributed by atoms with E-state index in [1.54, 1.807) is 11.3 Å². The van der Waals surface area contributed by atoms with Crippen LogP contribution in [0.3, 0.4) is 0 Å². The number of nitrogens with zero attached hydrogens (tertiary/aromatic N) is 2. The Morgan fingerprint density at radius 2 is 2.05 bits per heavy atom. The van der Waals surface area contributed by atoms with E-state index in [0.29, 0.717) is 5.41 Å². The van der Waals surface area contributed by atoms with Crippen LogP contribution in [0.2, 0.25) is 0 Å². The Morgan fingerprint density at radius 3 is 2.47 bits per heavy atom. The van der Waals surface area contributed by atoms with Crippen LogP contribution in [-0.4, -0.2) is 4.98 Å². The minimum absolute atomic E-state index is 0.161. The maximum Gasteiger partial charge on any atom is 0.0944 e. The molecule has 0 atom stereocenters. The molecule has 0 N–H and O–H groups in total. The molecule has 1 aromatic heterocycles. The average molecular weight is 276 g/mol. The van der Waals surface area contributed by atoms with Gasteiger partial charge in [0.15, 0.2) is 0 Å². The van der Waals surface area contributed by atoms with Crippen molar-refractivity contribution in [2.24, 2.45) is 16.7 Å². The van der Waals surface area contributed by atoms with Gasteiger partial charge in [-0.25, -0.2) is 4.98 Å². The Bertz CT molecular complexity index is 468. The Morgan fingerprint density at radius 1 is 1.42 bits per heavy atom. The van der Waals surface area contributed by atoms with Crippen LogP contribution in [0, 0.1) is 35.0 Å². The van der Waals surface area contributed by atoms with Crippen molar-refractivity contribution in [3.05, 3.63) is 16.1 Å². The van der Waals surface area contributed by atoms with E-state index in [1.165, 1.54) is 12.8 Å². The molecule has 0 unspecified atom stereocenters. The fourth-order valence-electron chi connectivity index (χ4n) is 3.14. The van der Waals surface area contributed by atoms with Crippen LogP contribution in [-0.2, 0) is 6.42 Å². The molecule has 0 spiro atoms. The zero-order chi connectivity index (χ0) is 14.1. The molecular weight excluding hydrogens is 252 g/mol. The Labute approximate surface area is 120 Å². The van der Waals surface area contributed by atoms with E-state index < -0.39 is 0 Å². The number of thiazole rings is 1. The Hall–Kier alpha value is -0.880. The van der Waals surface area contributed by atoms with E-state index in [1.807, 2.05) is 6.92 Å². The van der Waals surface area contributed by atoms with Crippen molar-refractivity contribution in [3.8, 4) is 6.07 Å². The second-order valence-electron chi connectivity index (χ2n) is 7.09. The summed E-state index contributed by atoms with van der Waals surface area (Å²) in [4.78, 5) is 4.53. The van der Waals surface area contributed by atoms with Gasteiger partial charge in [0, 0.05) is 17.5 Å². The quantitative estimate of drug-likeness (QED) is 0.782. The molecule has 1 saturated carbocycles. The number of hydrogen-bond acceptors (Lipinski definition) is 3. The number of aromatic nitrogens is 1. The highest BCUT2D eigenvalue weighted by atomic mass is 32.1. The predicted octanol–water partition coefficient (Wildman–Crippen LogP) is 4.74. The summed E-state index contributed by atoms with van der Waals surface area (Å²) in [6.07, 6.45) is 5.27. The van der Waals surface area contributed by atoms with E-state index in [-0.39, 0.29) is 5.41 Å². The minimum atomic E-state index is -0.161. The van der Waals surface area contributed by atoms with Crippen LogP contribution in [0.1, 0.15) is 57.2 Å². The van der Waals surface area contributed by atoms with Crippen molar-refractivity contribution in [2.75, 3.05) is 0 Å². The summed E-state index contributed by atoms with van der Waals surface area (Å²) in [5.74, 6) is 0.756. The van der Waals surface area contributed by atoms with Gasteiger partial charge in [0.25, 0.3) is 0 Å². The lowest BCUT2D eigenvalue weighted by Crippen LogP contribution is -2.33. The average Bonchev–Trinajstić information content (AvgIpc) is 2.74. The van der Waals surface area contributed by atoms with Gasteiger partial charge in [-0.1, -0.05) is 20.8 Å². The molecule has 1 fully saturated rings. The fourth-order valence-corrected chi connectivity index (χ4v) is 4.05. The molecule has 0 saturated heterocycles. The van der Waals surface area contributed by atoms with E-state index >= 15 is 0 Å². The SMILES string of the molecule is Cc1csc(CC2(C#N)CCC(C(C)(C)C)CC2)n1. The monoisotopic (exact) mass is 276 g/mol. The molecule has 19 heavy (non-hydrogen) atoms. The molecule has 1 heterocycles. The van der Waals surface area contributed by atoms with Gasteiger partial charge in [0.1, 0.15) is 0 Å². The molecule has 0 aliphatic heterocycles. The lowest BCUT2D eigenvalue weighted by atomic mass is 9.63. The Balaban J connectivity index is 2.04. The van der Waals surface area contributed by atoms with E-state index in [0.717, 1.165) is 35.9 Å². The molecule has 1 aromatic rings. The molecule has 0 amide bonds. The van der Waals surface area contributed by atoms with Gasteiger partial charge < -0.3 is 0 Å². The van der Waals surface area contributed by atoms with Gasteiger partial charge in [-0.15, -0.1) is 11.3 Å². The van der Waals surface area contributed by atoms with Crippen molar-refractivity contribution >= 4 is 11.3 Å². The van der Waals surface area contributed by atoms with Gasteiger partial charge in [-0.05, 0) is 43.9 Å². The highest BCUT2D eigenvalue weighted by Crippen LogP contribution is 2.46. The maximum absolute atomic E-state index is 9.63. The van der Waals surface area contributed by atoms with Crippen molar-refractivity contribution in [3.63, 3.8) is 0 Å². The van der Waals surface area contributed by atoms with Gasteiger partial charge in [-0.3, -0.25) is 0 Å². The summed E-state index contributed by atoms with van der Waals surface area (Å²) >= 11 is 1.70. The first kappa shape index (κ1) is 14.5. The molecule has 3 heteroatoms. The van der Waals surface area contributed by atoms with E-state index in [9.17, 15) is 5.26 Å². The van der Waals surface area contributed by atoms with E-state index in [2.05, 4.69) is 37.2 Å². The molecule has 0 radical (unpaired) electrons. The molecule has 1 aliphatic carbocycles. The summed E-state index contributed by atoms with van der Waals surface area (Å²) in [7, 11) is 0. The van der Waals surface area contributed by atoms with Crippen molar-refractivity contribution in [2.45, 2.75) is 59.8 Å². The lowest BCUT2D eigenvalue weighted by Gasteiger charge is -2.40. The molecule has 1 aliphatic rings. The van der Waals surface area contributed by atoms with Crippen molar-refractivity contribution < 1.29 is 0 Å². The van der Waals surface area contributed by atoms with Crippen LogP contribution in [0.25, 0.3) is 0 Å². The molecule has 104 valence electrons. The van der Waals surface area contributed by atoms with Crippen LogP contribution in [0.5, 0.6) is 0 Å². The molecule has 0 bridgehead atoms. The highest BCUT2D eigenvalue weighted by Gasteiger charge is 2.39. The molecular formula is C16H24N2S. The largest absolute Gasteiger partial charge is 0.247 e. The predicted molar refractivity (Wildman–Crippen MR) is 80.0 cm³/mol. The first-order valence-corrected chi connectivity index (χ1v) is 8.05. The zero-order valence-electron chi connectivity index (χ0n) is 12.5. The minimum Gasteiger partial charge on any atom is -0.247 e. The van der Waals surface area contributed by atoms with Gasteiger partial charge in [0.05, 0.1) is 16.5 Å². The maximum atomic E-state index is 9.63. The smallest absolute Gasteiger partial charge is 0.0944 e. The Kier molecular flexibility index (Phi) is 4.01. The van der Waals surface area contributed by atoms with Crippen molar-refractivity contribution in [1.29, 1.82) is 5.26 Å². The molecule has 2 nitrogen and oxygen atoms in total. The van der Waals surface area contributed by atoms with E-state index in [4.69, 9.17) is 0 Å². The second-order valence-corrected chi connectivity index (χ2v) is 8.03. The van der Waals surface area contributed by atoms with Crippen LogP contribution >= 0.6 is 11.3 Å². The van der Waals surface area contributed by atoms with Gasteiger partial charge in [0.2, 0.25) is 0 Å². The first-order chi connectivity index (χ1) is 8.85.